The van der Waals surface area contributed by atoms with Crippen molar-refractivity contribution in [3.05, 3.63) is 34.8 Å². The van der Waals surface area contributed by atoms with E-state index in [-0.39, 0.29) is 6.04 Å². The van der Waals surface area contributed by atoms with Crippen molar-refractivity contribution in [3.63, 3.8) is 0 Å². The van der Waals surface area contributed by atoms with Gasteiger partial charge >= 0.3 is 0 Å². The summed E-state index contributed by atoms with van der Waals surface area (Å²) in [5.74, 6) is 1.41. The molecule has 0 aliphatic heterocycles. The Morgan fingerprint density at radius 1 is 1.39 bits per heavy atom. The van der Waals surface area contributed by atoms with Gasteiger partial charge in [-0.05, 0) is 24.8 Å². The van der Waals surface area contributed by atoms with Crippen LogP contribution < -0.4 is 10.1 Å². The van der Waals surface area contributed by atoms with Gasteiger partial charge in [0, 0.05) is 10.9 Å². The van der Waals surface area contributed by atoms with Crippen LogP contribution in [0.1, 0.15) is 31.2 Å². The molecule has 0 aliphatic carbocycles. The van der Waals surface area contributed by atoms with Crippen LogP contribution in [-0.2, 0) is 0 Å². The normalized spacial score (nSPS) is 12.1. The number of thiophene rings is 1. The SMILES string of the molecule is CCOc1cc(NC(CC)c2cccs2)ncn1. The highest BCUT2D eigenvalue weighted by Crippen LogP contribution is 2.25. The highest BCUT2D eigenvalue weighted by atomic mass is 32.1. The van der Waals surface area contributed by atoms with Gasteiger partial charge in [-0.25, -0.2) is 9.97 Å². The Morgan fingerprint density at radius 2 is 2.28 bits per heavy atom. The van der Waals surface area contributed by atoms with E-state index in [1.165, 1.54) is 11.2 Å². The molecule has 1 atom stereocenters. The number of ether oxygens (including phenoxy) is 1. The molecular weight excluding hydrogens is 246 g/mol. The Hall–Kier alpha value is -1.62. The monoisotopic (exact) mass is 263 g/mol. The second-order valence-corrected chi connectivity index (χ2v) is 4.77. The molecule has 0 aliphatic rings. The first kappa shape index (κ1) is 12.8. The van der Waals surface area contributed by atoms with Crippen molar-refractivity contribution in [2.45, 2.75) is 26.3 Å². The van der Waals surface area contributed by atoms with Crippen LogP contribution in [0.2, 0.25) is 0 Å². The predicted octanol–water partition coefficient (Wildman–Crippen LogP) is 3.50. The predicted molar refractivity (Wildman–Crippen MR) is 74.2 cm³/mol. The molecule has 0 aromatic carbocycles. The van der Waals surface area contributed by atoms with Gasteiger partial charge < -0.3 is 10.1 Å². The summed E-state index contributed by atoms with van der Waals surface area (Å²) in [5, 5.41) is 5.50. The van der Waals surface area contributed by atoms with E-state index in [4.69, 9.17) is 4.74 Å². The van der Waals surface area contributed by atoms with E-state index < -0.39 is 0 Å². The fourth-order valence-corrected chi connectivity index (χ4v) is 2.55. The average Bonchev–Trinajstić information content (AvgIpc) is 2.90. The number of rotatable bonds is 6. The van der Waals surface area contributed by atoms with Gasteiger partial charge in [0.2, 0.25) is 5.88 Å². The quantitative estimate of drug-likeness (QED) is 0.866. The van der Waals surface area contributed by atoms with E-state index in [0.29, 0.717) is 12.5 Å². The van der Waals surface area contributed by atoms with Crippen molar-refractivity contribution >= 4 is 17.2 Å². The summed E-state index contributed by atoms with van der Waals surface area (Å²) in [5.41, 5.74) is 0. The second-order valence-electron chi connectivity index (χ2n) is 3.80. The minimum atomic E-state index is 0.286. The van der Waals surface area contributed by atoms with Crippen LogP contribution in [0.4, 0.5) is 5.82 Å². The van der Waals surface area contributed by atoms with Crippen molar-refractivity contribution in [2.24, 2.45) is 0 Å². The summed E-state index contributed by atoms with van der Waals surface area (Å²) in [4.78, 5) is 9.59. The van der Waals surface area contributed by atoms with Crippen molar-refractivity contribution in [1.82, 2.24) is 9.97 Å². The van der Waals surface area contributed by atoms with E-state index in [9.17, 15) is 0 Å². The first-order valence-corrected chi connectivity index (χ1v) is 6.96. The molecule has 0 fully saturated rings. The highest BCUT2D eigenvalue weighted by Gasteiger charge is 2.11. The van der Waals surface area contributed by atoms with Gasteiger partial charge in [0.25, 0.3) is 0 Å². The largest absolute Gasteiger partial charge is 0.478 e. The molecule has 0 radical (unpaired) electrons. The van der Waals surface area contributed by atoms with Crippen LogP contribution in [0.3, 0.4) is 0 Å². The number of nitrogens with one attached hydrogen (secondary N) is 1. The molecule has 18 heavy (non-hydrogen) atoms. The first-order chi connectivity index (χ1) is 8.83. The molecule has 4 nitrogen and oxygen atoms in total. The maximum atomic E-state index is 5.36. The molecular formula is C13H17N3OS. The molecule has 0 saturated heterocycles. The van der Waals surface area contributed by atoms with Gasteiger partial charge in [0.15, 0.2) is 0 Å². The van der Waals surface area contributed by atoms with Crippen LogP contribution in [-0.4, -0.2) is 16.6 Å². The fourth-order valence-electron chi connectivity index (χ4n) is 1.69. The number of nitrogens with zero attached hydrogens (tertiary/aromatic N) is 2. The van der Waals surface area contributed by atoms with E-state index in [0.717, 1.165) is 12.2 Å². The maximum Gasteiger partial charge on any atom is 0.218 e. The highest BCUT2D eigenvalue weighted by molar-refractivity contribution is 7.10. The fraction of sp³-hybridized carbons (Fsp3) is 0.385. The van der Waals surface area contributed by atoms with Crippen molar-refractivity contribution in [1.29, 1.82) is 0 Å². The number of anilines is 1. The molecule has 0 saturated carbocycles. The topological polar surface area (TPSA) is 47.0 Å². The molecule has 96 valence electrons. The van der Waals surface area contributed by atoms with Gasteiger partial charge in [-0.2, -0.15) is 0 Å². The summed E-state index contributed by atoms with van der Waals surface area (Å²) < 4.78 is 5.36. The molecule has 2 rings (SSSR count). The molecule has 2 aromatic rings. The summed E-state index contributed by atoms with van der Waals surface area (Å²) >= 11 is 1.75. The minimum Gasteiger partial charge on any atom is -0.478 e. The second kappa shape index (κ2) is 6.35. The third-order valence-corrected chi connectivity index (χ3v) is 3.54. The van der Waals surface area contributed by atoms with Crippen LogP contribution in [0, 0.1) is 0 Å². The zero-order valence-electron chi connectivity index (χ0n) is 10.6. The Morgan fingerprint density at radius 3 is 2.94 bits per heavy atom. The number of hydrogen-bond donors (Lipinski definition) is 1. The zero-order chi connectivity index (χ0) is 12.8. The third kappa shape index (κ3) is 3.20. The molecule has 2 heterocycles. The van der Waals surface area contributed by atoms with E-state index in [1.807, 2.05) is 13.0 Å². The van der Waals surface area contributed by atoms with Gasteiger partial charge in [-0.15, -0.1) is 11.3 Å². The smallest absolute Gasteiger partial charge is 0.218 e. The average molecular weight is 263 g/mol. The zero-order valence-corrected chi connectivity index (χ0v) is 11.4. The molecule has 1 N–H and O–H groups in total. The van der Waals surface area contributed by atoms with Crippen LogP contribution in [0.5, 0.6) is 5.88 Å². The van der Waals surface area contributed by atoms with Gasteiger partial charge in [0.05, 0.1) is 12.6 Å². The van der Waals surface area contributed by atoms with Crippen molar-refractivity contribution in [2.75, 3.05) is 11.9 Å². The lowest BCUT2D eigenvalue weighted by atomic mass is 10.2. The number of hydrogen-bond acceptors (Lipinski definition) is 5. The van der Waals surface area contributed by atoms with Crippen LogP contribution in [0.15, 0.2) is 29.9 Å². The Balaban J connectivity index is 2.09. The Kier molecular flexibility index (Phi) is 4.52. The number of aromatic nitrogens is 2. The van der Waals surface area contributed by atoms with Crippen LogP contribution in [0.25, 0.3) is 0 Å². The van der Waals surface area contributed by atoms with Gasteiger partial charge in [0.1, 0.15) is 12.1 Å². The van der Waals surface area contributed by atoms with Crippen molar-refractivity contribution in [3.8, 4) is 5.88 Å². The van der Waals surface area contributed by atoms with E-state index in [2.05, 4.69) is 39.7 Å². The summed E-state index contributed by atoms with van der Waals surface area (Å²) in [6, 6.07) is 6.32. The lowest BCUT2D eigenvalue weighted by Gasteiger charge is -2.16. The molecule has 2 aromatic heterocycles. The van der Waals surface area contributed by atoms with Gasteiger partial charge in [-0.1, -0.05) is 13.0 Å². The third-order valence-electron chi connectivity index (χ3n) is 2.55. The maximum absolute atomic E-state index is 5.36. The first-order valence-electron chi connectivity index (χ1n) is 6.08. The summed E-state index contributed by atoms with van der Waals surface area (Å²) in [7, 11) is 0. The van der Waals surface area contributed by atoms with Crippen molar-refractivity contribution < 1.29 is 4.74 Å². The molecule has 0 amide bonds. The van der Waals surface area contributed by atoms with E-state index in [1.54, 1.807) is 11.3 Å². The molecule has 0 bridgehead atoms. The molecule has 1 unspecified atom stereocenters. The Labute approximate surface area is 111 Å². The lowest BCUT2D eigenvalue weighted by Crippen LogP contribution is -2.09. The summed E-state index contributed by atoms with van der Waals surface area (Å²) in [6.07, 6.45) is 2.53. The standard InChI is InChI=1S/C13H17N3OS/c1-3-10(11-6-5-7-18-11)16-12-8-13(17-4-2)15-9-14-12/h5-10H,3-4H2,1-2H3,(H,14,15,16). The molecule has 5 heteroatoms. The van der Waals surface area contributed by atoms with Gasteiger partial charge in [-0.3, -0.25) is 0 Å². The molecule has 0 spiro atoms. The van der Waals surface area contributed by atoms with Crippen LogP contribution >= 0.6 is 11.3 Å². The van der Waals surface area contributed by atoms with E-state index >= 15 is 0 Å². The summed E-state index contributed by atoms with van der Waals surface area (Å²) in [6.45, 7) is 4.70. The lowest BCUT2D eigenvalue weighted by molar-refractivity contribution is 0.326. The Bertz CT molecular complexity index is 473. The minimum absolute atomic E-state index is 0.286.